The standard InChI is InChI=1S/C25H32N2O7SSi/c1-25(2,3)36(4,5)34-19-9-12-21(17-6-13-23-24(14-17)33-16-32-23)22(15-19)26-35(30,31)20-10-7-18(8-11-20)27(28)29/h6-8,10-14,19,22,26H,9,15-16H2,1-5H3/t19-,22-/m1/s1. The molecule has 2 aliphatic rings. The van der Waals surface area contributed by atoms with Gasteiger partial charge >= 0.3 is 0 Å². The van der Waals surface area contributed by atoms with Crippen LogP contribution in [-0.2, 0) is 14.4 Å². The zero-order valence-corrected chi connectivity index (χ0v) is 22.9. The average molecular weight is 533 g/mol. The molecule has 0 spiro atoms. The third-order valence-corrected chi connectivity index (χ3v) is 13.1. The Kier molecular flexibility index (Phi) is 7.04. The van der Waals surface area contributed by atoms with E-state index in [2.05, 4.69) is 38.6 Å². The molecule has 1 N–H and O–H groups in total. The lowest BCUT2D eigenvalue weighted by molar-refractivity contribution is -0.384. The Hall–Kier alpha value is -2.73. The maximum Gasteiger partial charge on any atom is 0.269 e. The Morgan fingerprint density at radius 3 is 2.39 bits per heavy atom. The number of rotatable bonds is 7. The summed E-state index contributed by atoms with van der Waals surface area (Å²) in [7, 11) is -6.05. The molecule has 0 aromatic heterocycles. The zero-order chi connectivity index (χ0) is 26.3. The number of ether oxygens (including phenoxy) is 2. The van der Waals surface area contributed by atoms with Crippen LogP contribution in [0.3, 0.4) is 0 Å². The number of non-ortho nitro benzene ring substituents is 1. The fourth-order valence-electron chi connectivity index (χ4n) is 4.09. The number of nitrogens with one attached hydrogen (secondary N) is 1. The summed E-state index contributed by atoms with van der Waals surface area (Å²) in [6.07, 6.45) is 3.00. The van der Waals surface area contributed by atoms with Crippen LogP contribution in [0.1, 0.15) is 39.2 Å². The van der Waals surface area contributed by atoms with E-state index in [1.165, 1.54) is 24.3 Å². The Bertz CT molecular complexity index is 1280. The zero-order valence-electron chi connectivity index (χ0n) is 21.1. The highest BCUT2D eigenvalue weighted by Gasteiger charge is 2.41. The van der Waals surface area contributed by atoms with Crippen molar-refractivity contribution in [3.63, 3.8) is 0 Å². The smallest absolute Gasteiger partial charge is 0.269 e. The van der Waals surface area contributed by atoms with Gasteiger partial charge < -0.3 is 13.9 Å². The summed E-state index contributed by atoms with van der Waals surface area (Å²) in [5.41, 5.74) is 1.49. The molecule has 2 aromatic rings. The van der Waals surface area contributed by atoms with Crippen molar-refractivity contribution in [2.75, 3.05) is 6.79 Å². The van der Waals surface area contributed by atoms with E-state index in [0.29, 0.717) is 24.3 Å². The monoisotopic (exact) mass is 532 g/mol. The molecule has 1 aliphatic carbocycles. The van der Waals surface area contributed by atoms with Crippen LogP contribution in [-0.4, -0.2) is 40.6 Å². The third-order valence-electron chi connectivity index (χ3n) is 7.10. The molecule has 2 aromatic carbocycles. The highest BCUT2D eigenvalue weighted by molar-refractivity contribution is 7.89. The van der Waals surface area contributed by atoms with Crippen molar-refractivity contribution < 1.29 is 27.2 Å². The number of sulfonamides is 1. The molecule has 1 heterocycles. The van der Waals surface area contributed by atoms with Crippen LogP contribution in [0.4, 0.5) is 5.69 Å². The lowest BCUT2D eigenvalue weighted by Gasteiger charge is -2.41. The molecule has 0 bridgehead atoms. The minimum atomic E-state index is -3.96. The normalized spacial score (nSPS) is 20.2. The molecule has 0 radical (unpaired) electrons. The van der Waals surface area contributed by atoms with E-state index in [9.17, 15) is 18.5 Å². The Morgan fingerprint density at radius 1 is 1.08 bits per heavy atom. The van der Waals surface area contributed by atoms with Gasteiger partial charge in [-0.1, -0.05) is 32.9 Å². The van der Waals surface area contributed by atoms with E-state index in [4.69, 9.17) is 13.9 Å². The number of hydrogen-bond acceptors (Lipinski definition) is 7. The summed E-state index contributed by atoms with van der Waals surface area (Å²) in [5, 5.41) is 11.0. The van der Waals surface area contributed by atoms with Gasteiger partial charge in [0.05, 0.1) is 15.9 Å². The lowest BCUT2D eigenvalue weighted by Crippen LogP contribution is -2.47. The molecular weight excluding hydrogens is 500 g/mol. The van der Waals surface area contributed by atoms with E-state index in [0.717, 1.165) is 11.1 Å². The van der Waals surface area contributed by atoms with Gasteiger partial charge in [0.15, 0.2) is 19.8 Å². The first-order valence-corrected chi connectivity index (χ1v) is 16.2. The quantitative estimate of drug-likeness (QED) is 0.294. The average Bonchev–Trinajstić information content (AvgIpc) is 3.26. The van der Waals surface area contributed by atoms with Crippen molar-refractivity contribution in [1.29, 1.82) is 0 Å². The summed E-state index contributed by atoms with van der Waals surface area (Å²) in [4.78, 5) is 10.4. The van der Waals surface area contributed by atoms with Gasteiger partial charge in [-0.2, -0.15) is 0 Å². The van der Waals surface area contributed by atoms with Gasteiger partial charge in [-0.25, -0.2) is 13.1 Å². The molecule has 0 fully saturated rings. The van der Waals surface area contributed by atoms with Gasteiger partial charge in [-0.3, -0.25) is 10.1 Å². The van der Waals surface area contributed by atoms with Crippen molar-refractivity contribution in [3.8, 4) is 11.5 Å². The van der Waals surface area contributed by atoms with Gasteiger partial charge in [0.2, 0.25) is 16.8 Å². The fourth-order valence-corrected chi connectivity index (χ4v) is 6.69. The third kappa shape index (κ3) is 5.48. The number of fused-ring (bicyclic) bond motifs is 1. The summed E-state index contributed by atoms with van der Waals surface area (Å²) in [5.74, 6) is 1.27. The molecule has 0 saturated carbocycles. The van der Waals surface area contributed by atoms with Gasteiger partial charge in [-0.15, -0.1) is 0 Å². The molecular formula is C25H32N2O7SSi. The highest BCUT2D eigenvalue weighted by Crippen LogP contribution is 2.41. The molecule has 0 amide bonds. The van der Waals surface area contributed by atoms with Gasteiger partial charge in [-0.05, 0) is 66.4 Å². The number of nitrogens with zero attached hydrogens (tertiary/aromatic N) is 1. The number of benzene rings is 2. The summed E-state index contributed by atoms with van der Waals surface area (Å²) in [6, 6.07) is 9.87. The molecule has 0 unspecified atom stereocenters. The summed E-state index contributed by atoms with van der Waals surface area (Å²) in [6.45, 7) is 11.0. The van der Waals surface area contributed by atoms with Crippen LogP contribution in [0.25, 0.3) is 5.57 Å². The fraction of sp³-hybridized carbons (Fsp3) is 0.440. The van der Waals surface area contributed by atoms with Crippen LogP contribution < -0.4 is 14.2 Å². The summed E-state index contributed by atoms with van der Waals surface area (Å²) >= 11 is 0. The van der Waals surface area contributed by atoms with Gasteiger partial charge in [0.25, 0.3) is 5.69 Å². The van der Waals surface area contributed by atoms with E-state index >= 15 is 0 Å². The molecule has 36 heavy (non-hydrogen) atoms. The van der Waals surface area contributed by atoms with Crippen LogP contribution >= 0.6 is 0 Å². The highest BCUT2D eigenvalue weighted by atomic mass is 32.2. The van der Waals surface area contributed by atoms with Crippen molar-refractivity contribution in [2.24, 2.45) is 0 Å². The second-order valence-corrected chi connectivity index (χ2v) is 17.1. The first-order valence-electron chi connectivity index (χ1n) is 11.8. The van der Waals surface area contributed by atoms with Crippen LogP contribution in [0.5, 0.6) is 11.5 Å². The number of nitro benzene ring substituents is 1. The Balaban J connectivity index is 1.65. The molecule has 11 heteroatoms. The first-order chi connectivity index (χ1) is 16.8. The van der Waals surface area contributed by atoms with Crippen LogP contribution in [0, 0.1) is 10.1 Å². The predicted octanol–water partition coefficient (Wildman–Crippen LogP) is 5.24. The number of nitro groups is 1. The van der Waals surface area contributed by atoms with Crippen molar-refractivity contribution >= 4 is 29.6 Å². The van der Waals surface area contributed by atoms with Crippen LogP contribution in [0.2, 0.25) is 18.1 Å². The Morgan fingerprint density at radius 2 is 1.75 bits per heavy atom. The topological polar surface area (TPSA) is 117 Å². The minimum Gasteiger partial charge on any atom is -0.454 e. The van der Waals surface area contributed by atoms with E-state index in [1.54, 1.807) is 0 Å². The molecule has 0 saturated heterocycles. The molecule has 1 aliphatic heterocycles. The lowest BCUT2D eigenvalue weighted by atomic mass is 9.88. The first kappa shape index (κ1) is 26.3. The second-order valence-electron chi connectivity index (χ2n) is 10.6. The van der Waals surface area contributed by atoms with Crippen molar-refractivity contribution in [1.82, 2.24) is 4.72 Å². The predicted molar refractivity (Wildman–Crippen MR) is 139 cm³/mol. The maximum absolute atomic E-state index is 13.3. The van der Waals surface area contributed by atoms with Gasteiger partial charge in [0.1, 0.15) is 0 Å². The molecule has 4 rings (SSSR count). The molecule has 2 atom stereocenters. The SMILES string of the molecule is CC(C)(C)[Si](C)(C)O[C@@H]1CC=C(c2ccc3c(c2)OCO3)[C@H](NS(=O)(=O)c2ccc([N+](=O)[O-])cc2)C1. The largest absolute Gasteiger partial charge is 0.454 e. The van der Waals surface area contributed by atoms with E-state index in [-0.39, 0.29) is 28.5 Å². The van der Waals surface area contributed by atoms with Crippen molar-refractivity contribution in [2.45, 2.75) is 68.8 Å². The van der Waals surface area contributed by atoms with Gasteiger partial charge in [0, 0.05) is 18.2 Å². The Labute approximate surface area is 212 Å². The minimum absolute atomic E-state index is 0.0159. The maximum atomic E-state index is 13.3. The summed E-state index contributed by atoms with van der Waals surface area (Å²) < 4.78 is 47.0. The molecule has 194 valence electrons. The van der Waals surface area contributed by atoms with E-state index < -0.39 is 29.3 Å². The number of hydrogen-bond donors (Lipinski definition) is 1. The molecule has 9 nitrogen and oxygen atoms in total. The van der Waals surface area contributed by atoms with Crippen LogP contribution in [0.15, 0.2) is 53.4 Å². The van der Waals surface area contributed by atoms with Crippen molar-refractivity contribution in [3.05, 3.63) is 64.2 Å². The second kappa shape index (κ2) is 9.62. The van der Waals surface area contributed by atoms with E-state index in [1.807, 2.05) is 24.3 Å².